The molecule has 0 bridgehead atoms. The standard InChI is InChI=1S/C16H19NOS/c1-12-10-16(17-15-8-3-2-7-14(12)15)19-11-13-6-4-5-9-18-13/h2-3,7-8,10,13H,4-6,9,11H2,1H3/t13-/m0/s1. The Morgan fingerprint density at radius 1 is 1.32 bits per heavy atom. The zero-order valence-electron chi connectivity index (χ0n) is 11.3. The lowest BCUT2D eigenvalue weighted by Crippen LogP contribution is -2.21. The second-order valence-corrected chi connectivity index (χ2v) is 6.13. The van der Waals surface area contributed by atoms with Crippen LogP contribution in [0.15, 0.2) is 35.4 Å². The lowest BCUT2D eigenvalue weighted by atomic mass is 10.1. The van der Waals surface area contributed by atoms with Crippen molar-refractivity contribution in [3.63, 3.8) is 0 Å². The molecule has 0 saturated carbocycles. The zero-order chi connectivity index (χ0) is 13.1. The predicted octanol–water partition coefficient (Wildman–Crippen LogP) is 4.20. The number of rotatable bonds is 3. The minimum Gasteiger partial charge on any atom is -0.377 e. The van der Waals surface area contributed by atoms with Crippen molar-refractivity contribution in [2.24, 2.45) is 0 Å². The van der Waals surface area contributed by atoms with Crippen molar-refractivity contribution in [3.05, 3.63) is 35.9 Å². The molecule has 1 aliphatic heterocycles. The van der Waals surface area contributed by atoms with E-state index >= 15 is 0 Å². The molecule has 2 aromatic rings. The summed E-state index contributed by atoms with van der Waals surface area (Å²) in [7, 11) is 0. The Kier molecular flexibility index (Phi) is 4.04. The van der Waals surface area contributed by atoms with Crippen LogP contribution in [0, 0.1) is 6.92 Å². The molecule has 100 valence electrons. The van der Waals surface area contributed by atoms with Gasteiger partial charge in [-0.05, 0) is 43.9 Å². The van der Waals surface area contributed by atoms with Crippen LogP contribution in [0.25, 0.3) is 10.9 Å². The summed E-state index contributed by atoms with van der Waals surface area (Å²) in [6.07, 6.45) is 4.12. The number of pyridine rings is 1. The van der Waals surface area contributed by atoms with Gasteiger partial charge in [-0.25, -0.2) is 4.98 Å². The van der Waals surface area contributed by atoms with Gasteiger partial charge in [-0.15, -0.1) is 11.8 Å². The van der Waals surface area contributed by atoms with E-state index in [0.717, 1.165) is 22.9 Å². The van der Waals surface area contributed by atoms with E-state index < -0.39 is 0 Å². The maximum Gasteiger partial charge on any atom is 0.0971 e. The molecule has 3 heteroatoms. The summed E-state index contributed by atoms with van der Waals surface area (Å²) in [4.78, 5) is 4.73. The molecule has 1 saturated heterocycles. The molecule has 2 heterocycles. The topological polar surface area (TPSA) is 22.1 Å². The Hall–Kier alpha value is -1.06. The van der Waals surface area contributed by atoms with Crippen molar-refractivity contribution in [3.8, 4) is 0 Å². The monoisotopic (exact) mass is 273 g/mol. The highest BCUT2D eigenvalue weighted by Gasteiger charge is 2.14. The van der Waals surface area contributed by atoms with E-state index in [1.54, 1.807) is 0 Å². The summed E-state index contributed by atoms with van der Waals surface area (Å²) in [6.45, 7) is 3.08. The van der Waals surface area contributed by atoms with E-state index in [-0.39, 0.29) is 0 Å². The van der Waals surface area contributed by atoms with E-state index in [2.05, 4.69) is 31.2 Å². The molecule has 0 spiro atoms. The lowest BCUT2D eigenvalue weighted by Gasteiger charge is -2.21. The molecule has 0 amide bonds. The van der Waals surface area contributed by atoms with Crippen LogP contribution in [0.4, 0.5) is 0 Å². The van der Waals surface area contributed by atoms with Crippen LogP contribution in [0.2, 0.25) is 0 Å². The number of hydrogen-bond acceptors (Lipinski definition) is 3. The molecule has 19 heavy (non-hydrogen) atoms. The van der Waals surface area contributed by atoms with E-state index in [9.17, 15) is 0 Å². The molecule has 1 fully saturated rings. The average molecular weight is 273 g/mol. The zero-order valence-corrected chi connectivity index (χ0v) is 12.1. The maximum absolute atomic E-state index is 5.77. The first-order chi connectivity index (χ1) is 9.33. The summed E-state index contributed by atoms with van der Waals surface area (Å²) in [5, 5.41) is 2.37. The smallest absolute Gasteiger partial charge is 0.0971 e. The summed E-state index contributed by atoms with van der Waals surface area (Å²) in [5.74, 6) is 1.02. The van der Waals surface area contributed by atoms with Crippen molar-refractivity contribution < 1.29 is 4.74 Å². The van der Waals surface area contributed by atoms with Gasteiger partial charge in [0.2, 0.25) is 0 Å². The van der Waals surface area contributed by atoms with Gasteiger partial charge in [-0.3, -0.25) is 0 Å². The molecule has 1 atom stereocenters. The van der Waals surface area contributed by atoms with Crippen LogP contribution in [-0.4, -0.2) is 23.4 Å². The Morgan fingerprint density at radius 2 is 2.21 bits per heavy atom. The molecule has 1 aliphatic rings. The van der Waals surface area contributed by atoms with Gasteiger partial charge in [-0.1, -0.05) is 18.2 Å². The van der Waals surface area contributed by atoms with E-state index in [1.165, 1.54) is 30.2 Å². The number of aryl methyl sites for hydroxylation is 1. The Morgan fingerprint density at radius 3 is 3.05 bits per heavy atom. The summed E-state index contributed by atoms with van der Waals surface area (Å²) < 4.78 is 5.77. The van der Waals surface area contributed by atoms with Crippen LogP contribution in [0.1, 0.15) is 24.8 Å². The maximum atomic E-state index is 5.77. The van der Waals surface area contributed by atoms with Crippen LogP contribution >= 0.6 is 11.8 Å². The highest BCUT2D eigenvalue weighted by atomic mass is 32.2. The van der Waals surface area contributed by atoms with Crippen LogP contribution in [0.3, 0.4) is 0 Å². The molecular formula is C16H19NOS. The van der Waals surface area contributed by atoms with Gasteiger partial charge in [0.25, 0.3) is 0 Å². The number of aromatic nitrogens is 1. The Bertz CT molecular complexity index is 564. The third-order valence-corrected chi connectivity index (χ3v) is 4.63. The number of nitrogens with zero attached hydrogens (tertiary/aromatic N) is 1. The number of hydrogen-bond donors (Lipinski definition) is 0. The van der Waals surface area contributed by atoms with Gasteiger partial charge in [0.15, 0.2) is 0 Å². The molecule has 1 aromatic carbocycles. The fraction of sp³-hybridized carbons (Fsp3) is 0.438. The molecule has 0 N–H and O–H groups in total. The molecule has 2 nitrogen and oxygen atoms in total. The van der Waals surface area contributed by atoms with Gasteiger partial charge in [0, 0.05) is 17.7 Å². The van der Waals surface area contributed by atoms with Crippen molar-refractivity contribution in [1.29, 1.82) is 0 Å². The molecule has 0 aliphatic carbocycles. The van der Waals surface area contributed by atoms with Crippen molar-refractivity contribution in [2.75, 3.05) is 12.4 Å². The van der Waals surface area contributed by atoms with Crippen LogP contribution in [-0.2, 0) is 4.74 Å². The van der Waals surface area contributed by atoms with E-state index in [4.69, 9.17) is 9.72 Å². The summed E-state index contributed by atoms with van der Waals surface area (Å²) in [5.41, 5.74) is 2.40. The third-order valence-electron chi connectivity index (χ3n) is 3.59. The molecule has 1 aromatic heterocycles. The fourth-order valence-electron chi connectivity index (χ4n) is 2.51. The quantitative estimate of drug-likeness (QED) is 0.782. The second-order valence-electron chi connectivity index (χ2n) is 5.09. The average Bonchev–Trinajstić information content (AvgIpc) is 2.46. The Labute approximate surface area is 118 Å². The lowest BCUT2D eigenvalue weighted by molar-refractivity contribution is 0.0315. The first-order valence-electron chi connectivity index (χ1n) is 6.94. The van der Waals surface area contributed by atoms with Crippen molar-refractivity contribution in [1.82, 2.24) is 4.98 Å². The number of para-hydroxylation sites is 1. The van der Waals surface area contributed by atoms with Gasteiger partial charge in [0.1, 0.15) is 0 Å². The number of thioether (sulfide) groups is 1. The normalized spacial score (nSPS) is 19.7. The van der Waals surface area contributed by atoms with Gasteiger partial charge in [-0.2, -0.15) is 0 Å². The second kappa shape index (κ2) is 5.93. The molecule has 3 rings (SSSR count). The van der Waals surface area contributed by atoms with E-state index in [0.29, 0.717) is 6.10 Å². The Balaban J connectivity index is 1.73. The largest absolute Gasteiger partial charge is 0.377 e. The molecule has 0 radical (unpaired) electrons. The first-order valence-corrected chi connectivity index (χ1v) is 7.92. The van der Waals surface area contributed by atoms with Gasteiger partial charge in [0.05, 0.1) is 16.6 Å². The minimum absolute atomic E-state index is 0.410. The summed E-state index contributed by atoms with van der Waals surface area (Å²) in [6, 6.07) is 10.5. The molecular weight excluding hydrogens is 254 g/mol. The highest BCUT2D eigenvalue weighted by Crippen LogP contribution is 2.26. The molecule has 0 unspecified atom stereocenters. The number of ether oxygens (including phenoxy) is 1. The van der Waals surface area contributed by atoms with Crippen LogP contribution < -0.4 is 0 Å². The van der Waals surface area contributed by atoms with Crippen LogP contribution in [0.5, 0.6) is 0 Å². The van der Waals surface area contributed by atoms with Gasteiger partial charge < -0.3 is 4.74 Å². The first kappa shape index (κ1) is 12.9. The summed E-state index contributed by atoms with van der Waals surface area (Å²) >= 11 is 1.82. The number of fused-ring (bicyclic) bond motifs is 1. The van der Waals surface area contributed by atoms with E-state index in [1.807, 2.05) is 17.8 Å². The van der Waals surface area contributed by atoms with Gasteiger partial charge >= 0.3 is 0 Å². The minimum atomic E-state index is 0.410. The van der Waals surface area contributed by atoms with Crippen molar-refractivity contribution >= 4 is 22.7 Å². The van der Waals surface area contributed by atoms with Crippen molar-refractivity contribution in [2.45, 2.75) is 37.3 Å². The third kappa shape index (κ3) is 3.10. The number of benzene rings is 1. The SMILES string of the molecule is Cc1cc(SC[C@@H]2CCCCO2)nc2ccccc12. The fourth-order valence-corrected chi connectivity index (χ4v) is 3.55. The predicted molar refractivity (Wildman–Crippen MR) is 80.8 cm³/mol. The highest BCUT2D eigenvalue weighted by molar-refractivity contribution is 7.99.